The second-order valence-electron chi connectivity index (χ2n) is 3.81. The van der Waals surface area contributed by atoms with Crippen LogP contribution < -0.4 is 10.2 Å². The van der Waals surface area contributed by atoms with Gasteiger partial charge in [0.25, 0.3) is 0 Å². The summed E-state index contributed by atoms with van der Waals surface area (Å²) in [4.78, 5) is 9.51. The SMILES string of the molecule is CCNc1ncc(F)c(N(C)CC(C)C#N)n1. The summed E-state index contributed by atoms with van der Waals surface area (Å²) in [7, 11) is 1.70. The van der Waals surface area contributed by atoms with Gasteiger partial charge in [-0.15, -0.1) is 0 Å². The summed E-state index contributed by atoms with van der Waals surface area (Å²) in [6.07, 6.45) is 1.13. The molecule has 0 saturated heterocycles. The van der Waals surface area contributed by atoms with Crippen LogP contribution in [0, 0.1) is 23.1 Å². The van der Waals surface area contributed by atoms with E-state index in [-0.39, 0.29) is 11.7 Å². The van der Waals surface area contributed by atoms with Gasteiger partial charge in [-0.2, -0.15) is 10.2 Å². The lowest BCUT2D eigenvalue weighted by atomic mass is 10.2. The molecule has 1 rings (SSSR count). The topological polar surface area (TPSA) is 64.8 Å². The van der Waals surface area contributed by atoms with E-state index < -0.39 is 5.82 Å². The zero-order valence-electron chi connectivity index (χ0n) is 10.2. The summed E-state index contributed by atoms with van der Waals surface area (Å²) in [5.74, 6) is -0.0744. The van der Waals surface area contributed by atoms with E-state index in [1.165, 1.54) is 0 Å². The summed E-state index contributed by atoms with van der Waals surface area (Å²) >= 11 is 0. The van der Waals surface area contributed by atoms with Gasteiger partial charge in [0, 0.05) is 20.1 Å². The van der Waals surface area contributed by atoms with Gasteiger partial charge in [-0.1, -0.05) is 0 Å². The molecule has 1 N–H and O–H groups in total. The molecule has 1 aromatic rings. The lowest BCUT2D eigenvalue weighted by Crippen LogP contribution is -2.25. The summed E-state index contributed by atoms with van der Waals surface area (Å²) in [5.41, 5.74) is 0. The molecule has 0 amide bonds. The van der Waals surface area contributed by atoms with Gasteiger partial charge in [0.1, 0.15) is 0 Å². The number of anilines is 2. The molecule has 0 saturated carbocycles. The Labute approximate surface area is 100 Å². The number of nitrogens with one attached hydrogen (secondary N) is 1. The van der Waals surface area contributed by atoms with Gasteiger partial charge in [0.2, 0.25) is 5.95 Å². The lowest BCUT2D eigenvalue weighted by molar-refractivity contribution is 0.600. The van der Waals surface area contributed by atoms with Gasteiger partial charge in [0.15, 0.2) is 11.6 Å². The van der Waals surface area contributed by atoms with Crippen LogP contribution in [0.3, 0.4) is 0 Å². The Kier molecular flexibility index (Phi) is 4.64. The minimum atomic E-state index is -0.487. The van der Waals surface area contributed by atoms with Crippen LogP contribution in [-0.4, -0.2) is 30.1 Å². The first kappa shape index (κ1) is 13.2. The number of rotatable bonds is 5. The Bertz CT molecular complexity index is 415. The van der Waals surface area contributed by atoms with Gasteiger partial charge in [-0.25, -0.2) is 9.37 Å². The van der Waals surface area contributed by atoms with Crippen molar-refractivity contribution in [2.75, 3.05) is 30.4 Å². The average Bonchev–Trinajstić information content (AvgIpc) is 2.31. The monoisotopic (exact) mass is 237 g/mol. The molecular formula is C11H16FN5. The largest absolute Gasteiger partial charge is 0.356 e. The fourth-order valence-corrected chi connectivity index (χ4v) is 1.41. The summed E-state index contributed by atoms with van der Waals surface area (Å²) in [5, 5.41) is 11.6. The molecule has 0 spiro atoms. The molecule has 1 atom stereocenters. The number of hydrogen-bond acceptors (Lipinski definition) is 5. The van der Waals surface area contributed by atoms with Crippen LogP contribution in [0.1, 0.15) is 13.8 Å². The van der Waals surface area contributed by atoms with E-state index in [9.17, 15) is 4.39 Å². The molecule has 0 aliphatic carbocycles. The summed E-state index contributed by atoms with van der Waals surface area (Å²) in [6, 6.07) is 2.10. The van der Waals surface area contributed by atoms with E-state index in [0.717, 1.165) is 6.20 Å². The quantitative estimate of drug-likeness (QED) is 0.843. The van der Waals surface area contributed by atoms with E-state index in [1.54, 1.807) is 18.9 Å². The zero-order valence-corrected chi connectivity index (χ0v) is 10.2. The highest BCUT2D eigenvalue weighted by atomic mass is 19.1. The molecule has 92 valence electrons. The van der Waals surface area contributed by atoms with Gasteiger partial charge >= 0.3 is 0 Å². The Hall–Kier alpha value is -1.90. The van der Waals surface area contributed by atoms with Gasteiger partial charge in [-0.05, 0) is 13.8 Å². The predicted molar refractivity (Wildman–Crippen MR) is 64.2 cm³/mol. The molecule has 0 fully saturated rings. The van der Waals surface area contributed by atoms with Crippen LogP contribution in [0.15, 0.2) is 6.20 Å². The third-order valence-electron chi connectivity index (χ3n) is 2.19. The molecule has 1 unspecified atom stereocenters. The van der Waals surface area contributed by atoms with Crippen molar-refractivity contribution < 1.29 is 4.39 Å². The maximum Gasteiger partial charge on any atom is 0.224 e. The van der Waals surface area contributed by atoms with E-state index in [4.69, 9.17) is 5.26 Å². The highest BCUT2D eigenvalue weighted by Gasteiger charge is 2.13. The van der Waals surface area contributed by atoms with Crippen molar-refractivity contribution in [3.05, 3.63) is 12.0 Å². The van der Waals surface area contributed by atoms with Gasteiger partial charge in [-0.3, -0.25) is 0 Å². The van der Waals surface area contributed by atoms with Crippen molar-refractivity contribution in [2.24, 2.45) is 5.92 Å². The van der Waals surface area contributed by atoms with Crippen molar-refractivity contribution in [1.29, 1.82) is 5.26 Å². The van der Waals surface area contributed by atoms with Gasteiger partial charge < -0.3 is 10.2 Å². The molecular weight excluding hydrogens is 221 g/mol. The Morgan fingerprint density at radius 1 is 1.65 bits per heavy atom. The first-order valence-electron chi connectivity index (χ1n) is 5.45. The molecule has 0 aliphatic rings. The van der Waals surface area contributed by atoms with Crippen molar-refractivity contribution in [3.8, 4) is 6.07 Å². The molecule has 1 heterocycles. The highest BCUT2D eigenvalue weighted by Crippen LogP contribution is 2.16. The van der Waals surface area contributed by atoms with Crippen LogP contribution in [0.2, 0.25) is 0 Å². The van der Waals surface area contributed by atoms with Crippen molar-refractivity contribution in [2.45, 2.75) is 13.8 Å². The molecule has 0 radical (unpaired) electrons. The fraction of sp³-hybridized carbons (Fsp3) is 0.545. The van der Waals surface area contributed by atoms with Crippen LogP contribution in [0.4, 0.5) is 16.2 Å². The van der Waals surface area contributed by atoms with E-state index in [1.807, 2.05) is 6.92 Å². The summed E-state index contributed by atoms with van der Waals surface area (Å²) in [6.45, 7) is 4.79. The fourth-order valence-electron chi connectivity index (χ4n) is 1.41. The molecule has 0 aliphatic heterocycles. The van der Waals surface area contributed by atoms with Crippen LogP contribution in [0.5, 0.6) is 0 Å². The normalized spacial score (nSPS) is 11.7. The van der Waals surface area contributed by atoms with E-state index in [0.29, 0.717) is 19.0 Å². The zero-order chi connectivity index (χ0) is 12.8. The standard InChI is InChI=1S/C11H16FN5/c1-4-14-11-15-6-9(12)10(16-11)17(3)7-8(2)5-13/h6,8H,4,7H2,1-3H3,(H,14,15,16). The lowest BCUT2D eigenvalue weighted by Gasteiger charge is -2.20. The van der Waals surface area contributed by atoms with E-state index in [2.05, 4.69) is 21.4 Å². The average molecular weight is 237 g/mol. The third-order valence-corrected chi connectivity index (χ3v) is 2.19. The van der Waals surface area contributed by atoms with Crippen LogP contribution in [0.25, 0.3) is 0 Å². The van der Waals surface area contributed by atoms with Crippen LogP contribution in [-0.2, 0) is 0 Å². The highest BCUT2D eigenvalue weighted by molar-refractivity contribution is 5.43. The first-order valence-corrected chi connectivity index (χ1v) is 5.45. The Balaban J connectivity index is 2.88. The van der Waals surface area contributed by atoms with E-state index >= 15 is 0 Å². The number of nitriles is 1. The predicted octanol–water partition coefficient (Wildman–Crippen LogP) is 1.64. The maximum absolute atomic E-state index is 13.5. The molecule has 0 bridgehead atoms. The van der Waals surface area contributed by atoms with Gasteiger partial charge in [0.05, 0.1) is 18.2 Å². The Morgan fingerprint density at radius 2 is 2.35 bits per heavy atom. The summed E-state index contributed by atoms with van der Waals surface area (Å²) < 4.78 is 13.5. The molecule has 1 aromatic heterocycles. The van der Waals surface area contributed by atoms with Crippen LogP contribution >= 0.6 is 0 Å². The third kappa shape index (κ3) is 3.55. The molecule has 5 nitrogen and oxygen atoms in total. The molecule has 6 heteroatoms. The maximum atomic E-state index is 13.5. The number of hydrogen-bond donors (Lipinski definition) is 1. The second-order valence-corrected chi connectivity index (χ2v) is 3.81. The van der Waals surface area contributed by atoms with Crippen molar-refractivity contribution in [3.63, 3.8) is 0 Å². The number of halogens is 1. The molecule has 0 aromatic carbocycles. The number of aromatic nitrogens is 2. The number of nitrogens with zero attached hydrogens (tertiary/aromatic N) is 4. The first-order chi connectivity index (χ1) is 8.08. The minimum Gasteiger partial charge on any atom is -0.356 e. The smallest absolute Gasteiger partial charge is 0.224 e. The Morgan fingerprint density at radius 3 is 2.94 bits per heavy atom. The van der Waals surface area contributed by atoms with Crippen molar-refractivity contribution in [1.82, 2.24) is 9.97 Å². The molecule has 17 heavy (non-hydrogen) atoms. The second kappa shape index (κ2) is 5.99. The van der Waals surface area contributed by atoms with Crippen molar-refractivity contribution >= 4 is 11.8 Å². The minimum absolute atomic E-state index is 0.183.